The largest absolute Gasteiger partial charge is 0.370 e. The first kappa shape index (κ1) is 42.6. The Morgan fingerprint density at radius 1 is 0.814 bits per heavy atom. The Kier molecular flexibility index (Phi) is 14.5. The van der Waals surface area contributed by atoms with Crippen molar-refractivity contribution < 1.29 is 28.8 Å². The first-order valence-corrected chi connectivity index (χ1v) is 20.7. The van der Waals surface area contributed by atoms with Crippen molar-refractivity contribution >= 4 is 52.3 Å². The molecule has 17 heteroatoms. The lowest BCUT2D eigenvalue weighted by Crippen LogP contribution is -2.62. The van der Waals surface area contributed by atoms with E-state index in [2.05, 4.69) is 36.6 Å². The third-order valence-corrected chi connectivity index (χ3v) is 11.6. The topological polar surface area (TPSA) is 272 Å². The van der Waals surface area contributed by atoms with Crippen LogP contribution in [0.1, 0.15) is 68.9 Å². The Hall–Kier alpha value is -5.97. The summed E-state index contributed by atoms with van der Waals surface area (Å²) in [5.74, 6) is -3.66. The summed E-state index contributed by atoms with van der Waals surface area (Å²) in [6, 6.07) is 10.1. The van der Waals surface area contributed by atoms with Crippen molar-refractivity contribution in [2.45, 2.75) is 107 Å². The van der Waals surface area contributed by atoms with E-state index in [9.17, 15) is 28.8 Å². The zero-order chi connectivity index (χ0) is 41.9. The third-order valence-electron chi connectivity index (χ3n) is 11.6. The molecule has 2 aliphatic heterocycles. The van der Waals surface area contributed by atoms with Crippen molar-refractivity contribution in [2.24, 2.45) is 28.1 Å². The molecule has 2 saturated heterocycles. The van der Waals surface area contributed by atoms with Crippen molar-refractivity contribution in [3.63, 3.8) is 0 Å². The number of aliphatic imine (C=N–C) groups is 1. The molecule has 0 spiro atoms. The molecule has 0 bridgehead atoms. The predicted molar refractivity (Wildman–Crippen MR) is 222 cm³/mol. The highest BCUT2D eigenvalue weighted by Crippen LogP contribution is 2.28. The van der Waals surface area contributed by atoms with Gasteiger partial charge in [-0.3, -0.25) is 33.8 Å². The molecule has 316 valence electrons. The highest BCUT2D eigenvalue weighted by Gasteiger charge is 2.41. The van der Waals surface area contributed by atoms with Gasteiger partial charge in [-0.05, 0) is 55.2 Å². The maximum atomic E-state index is 14.4. The Morgan fingerprint density at radius 2 is 1.51 bits per heavy atom. The van der Waals surface area contributed by atoms with E-state index in [0.29, 0.717) is 19.3 Å². The number of carbonyl (C=O) groups excluding carboxylic acids is 6. The molecular weight excluding hydrogens is 755 g/mol. The van der Waals surface area contributed by atoms with Crippen LogP contribution in [0.4, 0.5) is 0 Å². The maximum Gasteiger partial charge on any atom is 0.247 e. The molecule has 3 aromatic rings. The lowest BCUT2D eigenvalue weighted by Gasteiger charge is -2.32. The zero-order valence-corrected chi connectivity index (χ0v) is 33.3. The summed E-state index contributed by atoms with van der Waals surface area (Å²) in [6.45, 7) is -0.184. The van der Waals surface area contributed by atoms with Crippen LogP contribution >= 0.6 is 0 Å². The monoisotopic (exact) mass is 811 g/mol. The van der Waals surface area contributed by atoms with Gasteiger partial charge in [0.1, 0.15) is 30.2 Å². The van der Waals surface area contributed by atoms with Crippen molar-refractivity contribution in [3.05, 3.63) is 71.9 Å². The molecule has 59 heavy (non-hydrogen) atoms. The number of para-hydroxylation sites is 1. The molecule has 0 radical (unpaired) electrons. The number of nitrogens with two attached hydrogens (primary N) is 3. The minimum Gasteiger partial charge on any atom is -0.370 e. The van der Waals surface area contributed by atoms with Crippen LogP contribution in [-0.4, -0.2) is 107 Å². The summed E-state index contributed by atoms with van der Waals surface area (Å²) in [5.41, 5.74) is 19.9. The van der Waals surface area contributed by atoms with Crippen LogP contribution in [0.5, 0.6) is 0 Å². The molecule has 2 aromatic carbocycles. The summed E-state index contributed by atoms with van der Waals surface area (Å²) >= 11 is 0. The van der Waals surface area contributed by atoms with Crippen molar-refractivity contribution in [2.75, 3.05) is 19.6 Å². The molecule has 0 unspecified atom stereocenters. The molecule has 1 saturated carbocycles. The van der Waals surface area contributed by atoms with Gasteiger partial charge in [-0.1, -0.05) is 80.6 Å². The fraction of sp³-hybridized carbons (Fsp3) is 0.500. The van der Waals surface area contributed by atoms with Gasteiger partial charge < -0.3 is 53.7 Å². The summed E-state index contributed by atoms with van der Waals surface area (Å²) in [7, 11) is 0. The highest BCUT2D eigenvalue weighted by atomic mass is 16.2. The quantitative estimate of drug-likeness (QED) is 0.0929. The number of H-pyrrole nitrogens is 1. The van der Waals surface area contributed by atoms with E-state index in [0.717, 1.165) is 54.1 Å². The molecule has 6 amide bonds. The van der Waals surface area contributed by atoms with Crippen molar-refractivity contribution in [1.29, 1.82) is 0 Å². The number of amides is 6. The third kappa shape index (κ3) is 11.4. The average Bonchev–Trinajstić information content (AvgIpc) is 3.89. The van der Waals surface area contributed by atoms with Crippen LogP contribution in [0.15, 0.2) is 65.8 Å². The van der Waals surface area contributed by atoms with E-state index >= 15 is 0 Å². The fourth-order valence-corrected chi connectivity index (χ4v) is 8.39. The van der Waals surface area contributed by atoms with E-state index in [4.69, 9.17) is 17.2 Å². The van der Waals surface area contributed by atoms with Crippen molar-refractivity contribution in [3.8, 4) is 0 Å². The lowest BCUT2D eigenvalue weighted by atomic mass is 9.84. The average molecular weight is 812 g/mol. The molecule has 3 heterocycles. The van der Waals surface area contributed by atoms with Crippen LogP contribution in [0.3, 0.4) is 0 Å². The number of rotatable bonds is 11. The molecule has 3 fully saturated rings. The lowest BCUT2D eigenvalue weighted by molar-refractivity contribution is -0.142. The number of nitrogens with zero attached hydrogens (tertiary/aromatic N) is 2. The zero-order valence-electron chi connectivity index (χ0n) is 33.3. The summed E-state index contributed by atoms with van der Waals surface area (Å²) in [4.78, 5) is 93.5. The van der Waals surface area contributed by atoms with Gasteiger partial charge in [0.15, 0.2) is 5.96 Å². The van der Waals surface area contributed by atoms with Gasteiger partial charge in [0.2, 0.25) is 35.4 Å². The van der Waals surface area contributed by atoms with Gasteiger partial charge in [0.25, 0.3) is 0 Å². The van der Waals surface area contributed by atoms with E-state index in [1.165, 1.54) is 4.90 Å². The molecule has 3 aliphatic rings. The standard InChI is InChI=1S/C42H57N11O6/c43-29(20-25-10-3-1-4-11-25)36(54)52-34-24-48-37(55)31(17-18-46-42(44)45)49-39(57)33(22-27-23-47-30-15-8-7-14-28(27)30)50-38(56)32(21-26-12-5-2-6-13-26)51-40(58)35-16-9-19-53(35)41(34)59/h1,3-4,7-8,10-11,14-15,23,26,29,31-35,47H,2,5-6,9,12-13,16-22,24,43H2,(H,48,55)(H,49,57)(H,50,56)(H,51,58)(H,52,54)(H4,44,45,46)/t29-,31+,32+,33-,34-,35-/m0/s1. The number of hydrogen-bond acceptors (Lipinski definition) is 8. The van der Waals surface area contributed by atoms with E-state index < -0.39 is 71.7 Å². The smallest absolute Gasteiger partial charge is 0.247 e. The number of hydrogen-bond donors (Lipinski definition) is 9. The number of fused-ring (bicyclic) bond motifs is 2. The number of aromatic nitrogens is 1. The Morgan fingerprint density at radius 3 is 2.27 bits per heavy atom. The molecule has 17 nitrogen and oxygen atoms in total. The normalized spacial score (nSPS) is 24.3. The van der Waals surface area contributed by atoms with Crippen LogP contribution < -0.4 is 43.8 Å². The number of carbonyl (C=O) groups is 6. The number of aromatic amines is 1. The first-order chi connectivity index (χ1) is 28.5. The van der Waals surface area contributed by atoms with Crippen LogP contribution in [0.2, 0.25) is 0 Å². The Balaban J connectivity index is 1.33. The number of benzene rings is 2. The van der Waals surface area contributed by atoms with Gasteiger partial charge in [-0.2, -0.15) is 0 Å². The van der Waals surface area contributed by atoms with Crippen molar-refractivity contribution in [1.82, 2.24) is 36.5 Å². The molecule has 6 rings (SSSR count). The predicted octanol–water partition coefficient (Wildman–Crippen LogP) is -0.0257. The van der Waals surface area contributed by atoms with Gasteiger partial charge in [-0.25, -0.2) is 0 Å². The van der Waals surface area contributed by atoms with E-state index in [-0.39, 0.29) is 50.8 Å². The second-order valence-corrected chi connectivity index (χ2v) is 15.9. The maximum absolute atomic E-state index is 14.4. The van der Waals surface area contributed by atoms with Gasteiger partial charge in [0, 0.05) is 43.2 Å². The van der Waals surface area contributed by atoms with Crippen LogP contribution in [-0.2, 0) is 41.6 Å². The Bertz CT molecular complexity index is 1990. The van der Waals surface area contributed by atoms with Crippen LogP contribution in [0.25, 0.3) is 10.9 Å². The minimum atomic E-state index is -1.32. The molecular formula is C42H57N11O6. The molecule has 1 aromatic heterocycles. The van der Waals surface area contributed by atoms with Gasteiger partial charge >= 0.3 is 0 Å². The molecule has 1 aliphatic carbocycles. The number of nitrogens with one attached hydrogen (secondary N) is 6. The number of guanidine groups is 1. The SMILES string of the molecule is NC(N)=NCC[C@H]1NC(=O)[C@H](Cc2c[nH]c3ccccc23)NC(=O)[C@@H](CC2CCCCC2)NC(=O)[C@@H]2CCCN2C(=O)[C@@H](NC(=O)[C@@H](N)Cc2ccccc2)CNC1=O. The Labute approximate surface area is 343 Å². The summed E-state index contributed by atoms with van der Waals surface area (Å²) < 4.78 is 0. The fourth-order valence-electron chi connectivity index (χ4n) is 8.39. The van der Waals surface area contributed by atoms with E-state index in [1.54, 1.807) is 6.20 Å². The second kappa shape index (κ2) is 20.1. The minimum absolute atomic E-state index is 0.0292. The summed E-state index contributed by atoms with van der Waals surface area (Å²) in [6.07, 6.45) is 8.08. The highest BCUT2D eigenvalue weighted by molar-refractivity contribution is 5.98. The van der Waals surface area contributed by atoms with Crippen LogP contribution in [0, 0.1) is 5.92 Å². The molecule has 6 atom stereocenters. The second-order valence-electron chi connectivity index (χ2n) is 15.9. The van der Waals surface area contributed by atoms with Gasteiger partial charge in [0.05, 0.1) is 6.04 Å². The molecule has 12 N–H and O–H groups in total. The first-order valence-electron chi connectivity index (χ1n) is 20.7. The van der Waals surface area contributed by atoms with E-state index in [1.807, 2.05) is 54.6 Å². The van der Waals surface area contributed by atoms with Gasteiger partial charge in [-0.15, -0.1) is 0 Å². The summed E-state index contributed by atoms with van der Waals surface area (Å²) in [5, 5.41) is 15.0.